The Balaban J connectivity index is 1.37. The number of amides is 2. The van der Waals surface area contributed by atoms with E-state index in [-0.39, 0.29) is 24.5 Å². The van der Waals surface area contributed by atoms with Crippen LogP contribution >= 0.6 is 0 Å². The summed E-state index contributed by atoms with van der Waals surface area (Å²) < 4.78 is 5.52. The van der Waals surface area contributed by atoms with Crippen molar-refractivity contribution >= 4 is 18.0 Å². The molecule has 1 aliphatic carbocycles. The van der Waals surface area contributed by atoms with Crippen LogP contribution in [0.3, 0.4) is 0 Å². The number of carbonyl (C=O) groups excluding carboxylic acids is 2. The fourth-order valence-corrected chi connectivity index (χ4v) is 5.05. The van der Waals surface area contributed by atoms with E-state index in [1.807, 2.05) is 43.3 Å². The van der Waals surface area contributed by atoms with E-state index in [4.69, 9.17) is 4.74 Å². The van der Waals surface area contributed by atoms with Crippen LogP contribution in [-0.4, -0.2) is 53.2 Å². The highest BCUT2D eigenvalue weighted by Gasteiger charge is 2.41. The molecule has 1 saturated heterocycles. The smallest absolute Gasteiger partial charge is 0.407 e. The van der Waals surface area contributed by atoms with E-state index in [2.05, 4.69) is 17.4 Å². The van der Waals surface area contributed by atoms with Crippen molar-refractivity contribution in [3.8, 4) is 11.1 Å². The maximum absolute atomic E-state index is 12.9. The number of nitrogens with zero attached hydrogens (tertiary/aromatic N) is 1. The van der Waals surface area contributed by atoms with Crippen molar-refractivity contribution in [3.05, 3.63) is 59.7 Å². The second kappa shape index (κ2) is 9.02. The Kier molecular flexibility index (Phi) is 6.17. The third-order valence-electron chi connectivity index (χ3n) is 6.61. The number of nitrogens with one attached hydrogen (secondary N) is 1. The number of rotatable bonds is 6. The highest BCUT2D eigenvalue weighted by atomic mass is 16.5. The monoisotopic (exact) mass is 436 g/mol. The van der Waals surface area contributed by atoms with Crippen LogP contribution in [0.1, 0.15) is 43.7 Å². The zero-order valence-electron chi connectivity index (χ0n) is 18.3. The molecule has 2 aliphatic rings. The van der Waals surface area contributed by atoms with Gasteiger partial charge in [0.15, 0.2) is 0 Å². The number of alkyl carbamates (subject to hydrolysis) is 1. The Morgan fingerprint density at radius 1 is 1.09 bits per heavy atom. The fourth-order valence-electron chi connectivity index (χ4n) is 5.05. The van der Waals surface area contributed by atoms with Crippen LogP contribution < -0.4 is 5.32 Å². The Hall–Kier alpha value is -3.35. The Bertz CT molecular complexity index is 991. The van der Waals surface area contributed by atoms with E-state index in [0.29, 0.717) is 19.4 Å². The van der Waals surface area contributed by atoms with E-state index in [1.54, 1.807) is 11.8 Å². The van der Waals surface area contributed by atoms with Crippen LogP contribution in [0.15, 0.2) is 48.5 Å². The minimum atomic E-state index is -0.885. The molecule has 0 bridgehead atoms. The molecule has 2 N–H and O–H groups in total. The molecule has 0 spiro atoms. The van der Waals surface area contributed by atoms with Gasteiger partial charge in [0.1, 0.15) is 12.6 Å². The lowest BCUT2D eigenvalue weighted by molar-refractivity contribution is -0.143. The Morgan fingerprint density at radius 2 is 1.69 bits per heavy atom. The SMILES string of the molecule is CCC1C(C(=O)O)CCN1C(=O)[C@H](C)NC(=O)OCC1c2ccccc2-c2ccccc21. The molecule has 168 valence electrons. The lowest BCUT2D eigenvalue weighted by atomic mass is 9.98. The van der Waals surface area contributed by atoms with Gasteiger partial charge < -0.3 is 20.1 Å². The van der Waals surface area contributed by atoms with Crippen LogP contribution in [-0.2, 0) is 14.3 Å². The Labute approximate surface area is 187 Å². The average Bonchev–Trinajstić information content (AvgIpc) is 3.36. The van der Waals surface area contributed by atoms with Crippen molar-refractivity contribution in [2.75, 3.05) is 13.2 Å². The lowest BCUT2D eigenvalue weighted by Gasteiger charge is -2.28. The summed E-state index contributed by atoms with van der Waals surface area (Å²) >= 11 is 0. The highest BCUT2D eigenvalue weighted by molar-refractivity contribution is 5.87. The van der Waals surface area contributed by atoms with Gasteiger partial charge in [-0.25, -0.2) is 4.79 Å². The van der Waals surface area contributed by atoms with Gasteiger partial charge in [0.25, 0.3) is 0 Å². The van der Waals surface area contributed by atoms with Crippen molar-refractivity contribution in [1.82, 2.24) is 10.2 Å². The molecule has 1 fully saturated rings. The molecule has 1 heterocycles. The number of carboxylic acid groups (broad SMARTS) is 1. The summed E-state index contributed by atoms with van der Waals surface area (Å²) in [7, 11) is 0. The molecule has 1 aliphatic heterocycles. The second-order valence-electron chi connectivity index (χ2n) is 8.43. The maximum atomic E-state index is 12.9. The number of aliphatic carboxylic acids is 1. The molecule has 2 aromatic rings. The first kappa shape index (κ1) is 21.9. The van der Waals surface area contributed by atoms with Crippen molar-refractivity contribution in [2.24, 2.45) is 5.92 Å². The second-order valence-corrected chi connectivity index (χ2v) is 8.43. The first-order valence-electron chi connectivity index (χ1n) is 11.1. The van der Waals surface area contributed by atoms with Gasteiger partial charge in [-0.2, -0.15) is 0 Å². The third-order valence-corrected chi connectivity index (χ3v) is 6.61. The fraction of sp³-hybridized carbons (Fsp3) is 0.400. The van der Waals surface area contributed by atoms with E-state index in [9.17, 15) is 19.5 Å². The molecule has 4 rings (SSSR count). The molecule has 7 nitrogen and oxygen atoms in total. The summed E-state index contributed by atoms with van der Waals surface area (Å²) in [5.41, 5.74) is 4.53. The van der Waals surface area contributed by atoms with Gasteiger partial charge in [-0.15, -0.1) is 0 Å². The normalized spacial score (nSPS) is 20.4. The number of ether oxygens (including phenoxy) is 1. The number of carbonyl (C=O) groups is 3. The van der Waals surface area contributed by atoms with Crippen LogP contribution in [0.5, 0.6) is 0 Å². The quantitative estimate of drug-likeness (QED) is 0.721. The molecule has 0 radical (unpaired) electrons. The molecule has 2 aromatic carbocycles. The summed E-state index contributed by atoms with van der Waals surface area (Å²) in [5, 5.41) is 12.0. The van der Waals surface area contributed by atoms with Crippen LogP contribution in [0.25, 0.3) is 11.1 Å². The van der Waals surface area contributed by atoms with E-state index in [1.165, 1.54) is 0 Å². The topological polar surface area (TPSA) is 95.9 Å². The van der Waals surface area contributed by atoms with Gasteiger partial charge in [0.2, 0.25) is 5.91 Å². The van der Waals surface area contributed by atoms with Crippen molar-refractivity contribution in [3.63, 3.8) is 0 Å². The summed E-state index contributed by atoms with van der Waals surface area (Å²) in [6.07, 6.45) is 0.326. The zero-order valence-corrected chi connectivity index (χ0v) is 18.3. The first-order valence-corrected chi connectivity index (χ1v) is 11.1. The van der Waals surface area contributed by atoms with Gasteiger partial charge in [-0.3, -0.25) is 9.59 Å². The van der Waals surface area contributed by atoms with Gasteiger partial charge in [0.05, 0.1) is 5.92 Å². The standard InChI is InChI=1S/C25H28N2O5/c1-3-22-20(24(29)30)12-13-27(22)23(28)15(2)26-25(31)32-14-21-18-10-6-4-8-16(18)17-9-5-7-11-19(17)21/h4-11,15,20-22H,3,12-14H2,1-2H3,(H,26,31)(H,29,30)/t15-,20?,22?/m0/s1. The molecule has 7 heteroatoms. The van der Waals surface area contributed by atoms with E-state index in [0.717, 1.165) is 22.3 Å². The molecular formula is C25H28N2O5. The molecule has 3 atom stereocenters. The number of hydrogen-bond donors (Lipinski definition) is 2. The van der Waals surface area contributed by atoms with Gasteiger partial charge in [0, 0.05) is 18.5 Å². The predicted molar refractivity (Wildman–Crippen MR) is 119 cm³/mol. The number of likely N-dealkylation sites (tertiary alicyclic amines) is 1. The number of hydrogen-bond acceptors (Lipinski definition) is 4. The first-order chi connectivity index (χ1) is 15.4. The van der Waals surface area contributed by atoms with Crippen LogP contribution in [0, 0.1) is 5.92 Å². The highest BCUT2D eigenvalue weighted by Crippen LogP contribution is 2.44. The van der Waals surface area contributed by atoms with E-state index >= 15 is 0 Å². The molecule has 0 saturated carbocycles. The largest absolute Gasteiger partial charge is 0.481 e. The van der Waals surface area contributed by atoms with Crippen LogP contribution in [0.2, 0.25) is 0 Å². The Morgan fingerprint density at radius 3 is 2.25 bits per heavy atom. The summed E-state index contributed by atoms with van der Waals surface area (Å²) in [6.45, 7) is 4.02. The van der Waals surface area contributed by atoms with Crippen molar-refractivity contribution in [1.29, 1.82) is 0 Å². The van der Waals surface area contributed by atoms with E-state index < -0.39 is 24.0 Å². The maximum Gasteiger partial charge on any atom is 0.407 e. The zero-order chi connectivity index (χ0) is 22.8. The molecule has 32 heavy (non-hydrogen) atoms. The minimum Gasteiger partial charge on any atom is -0.481 e. The summed E-state index contributed by atoms with van der Waals surface area (Å²) in [5.74, 6) is -1.79. The number of carboxylic acids is 1. The molecule has 2 amide bonds. The summed E-state index contributed by atoms with van der Waals surface area (Å²) in [6, 6.07) is 15.0. The van der Waals surface area contributed by atoms with Crippen LogP contribution in [0.4, 0.5) is 4.79 Å². The summed E-state index contributed by atoms with van der Waals surface area (Å²) in [4.78, 5) is 38.4. The average molecular weight is 437 g/mol. The molecular weight excluding hydrogens is 408 g/mol. The number of fused-ring (bicyclic) bond motifs is 3. The molecule has 2 unspecified atom stereocenters. The lowest BCUT2D eigenvalue weighted by Crippen LogP contribution is -2.49. The number of benzene rings is 2. The van der Waals surface area contributed by atoms with Crippen molar-refractivity contribution in [2.45, 2.75) is 44.7 Å². The third kappa shape index (κ3) is 3.95. The predicted octanol–water partition coefficient (Wildman–Crippen LogP) is 3.63. The van der Waals surface area contributed by atoms with Gasteiger partial charge in [-0.05, 0) is 42.0 Å². The van der Waals surface area contributed by atoms with Gasteiger partial charge in [-0.1, -0.05) is 55.5 Å². The molecule has 0 aromatic heterocycles. The van der Waals surface area contributed by atoms with Crippen molar-refractivity contribution < 1.29 is 24.2 Å². The van der Waals surface area contributed by atoms with Gasteiger partial charge >= 0.3 is 12.1 Å². The minimum absolute atomic E-state index is 0.0569.